The molecular formula is C28H25F3N2O4. The predicted octanol–water partition coefficient (Wildman–Crippen LogP) is 5.59. The van der Waals surface area contributed by atoms with Crippen LogP contribution in [0.3, 0.4) is 0 Å². The highest BCUT2D eigenvalue weighted by Crippen LogP contribution is 2.44. The van der Waals surface area contributed by atoms with E-state index in [1.54, 1.807) is 24.3 Å². The van der Waals surface area contributed by atoms with Crippen molar-refractivity contribution in [2.75, 3.05) is 30.0 Å². The quantitative estimate of drug-likeness (QED) is 0.255. The van der Waals surface area contributed by atoms with E-state index in [1.165, 1.54) is 13.2 Å². The molecular weight excluding hydrogens is 485 g/mol. The average Bonchev–Trinajstić information content (AvgIpc) is 3.16. The molecule has 0 aliphatic carbocycles. The normalized spacial score (nSPS) is 16.8. The van der Waals surface area contributed by atoms with Crippen molar-refractivity contribution in [2.45, 2.75) is 19.9 Å². The highest BCUT2D eigenvalue weighted by Gasteiger charge is 2.48. The van der Waals surface area contributed by atoms with Gasteiger partial charge in [-0.05, 0) is 61.9 Å². The van der Waals surface area contributed by atoms with Gasteiger partial charge in [-0.25, -0.2) is 13.2 Å². The van der Waals surface area contributed by atoms with Crippen LogP contribution >= 0.6 is 0 Å². The van der Waals surface area contributed by atoms with Gasteiger partial charge < -0.3 is 14.7 Å². The number of rotatable bonds is 7. The summed E-state index contributed by atoms with van der Waals surface area (Å²) >= 11 is 0. The zero-order chi connectivity index (χ0) is 26.9. The van der Waals surface area contributed by atoms with Crippen LogP contribution in [0.15, 0.2) is 66.2 Å². The van der Waals surface area contributed by atoms with E-state index in [0.29, 0.717) is 5.56 Å². The zero-order valence-electron chi connectivity index (χ0n) is 20.5. The standard InChI is InChI=1S/C28H25F3N2O4/c1-4-32(5-2)19-10-6-16(7-11-19)25-24(26(34)20-14-17(29)9-13-23(20)37-3)27(35)28(36)33(25)22-15-18(30)8-12-21(22)31/h6-15,25,34H,4-5H2,1-3H3/b26-24+. The van der Waals surface area contributed by atoms with Gasteiger partial charge in [0, 0.05) is 24.8 Å². The summed E-state index contributed by atoms with van der Waals surface area (Å²) in [6.45, 7) is 5.46. The molecule has 1 atom stereocenters. The Hall–Kier alpha value is -4.27. The number of amides is 1. The van der Waals surface area contributed by atoms with Gasteiger partial charge in [-0.15, -0.1) is 0 Å². The number of nitrogens with zero attached hydrogens (tertiary/aromatic N) is 2. The van der Waals surface area contributed by atoms with Crippen LogP contribution in [-0.4, -0.2) is 37.0 Å². The van der Waals surface area contributed by atoms with Crippen molar-refractivity contribution >= 4 is 28.8 Å². The number of aliphatic hydroxyl groups is 1. The van der Waals surface area contributed by atoms with E-state index in [2.05, 4.69) is 4.90 Å². The summed E-state index contributed by atoms with van der Waals surface area (Å²) in [6, 6.07) is 11.4. The summed E-state index contributed by atoms with van der Waals surface area (Å²) < 4.78 is 48.3. The molecule has 1 amide bonds. The summed E-state index contributed by atoms with van der Waals surface area (Å²) in [4.78, 5) is 29.4. The van der Waals surface area contributed by atoms with Gasteiger partial charge in [0.05, 0.1) is 30.0 Å². The van der Waals surface area contributed by atoms with Crippen LogP contribution in [0, 0.1) is 17.5 Å². The number of methoxy groups -OCH3 is 1. The maximum absolute atomic E-state index is 14.9. The SMILES string of the molecule is CCN(CC)c1ccc(C2/C(=C(\O)c3cc(F)ccc3OC)C(=O)C(=O)N2c2cc(F)ccc2F)cc1. The van der Waals surface area contributed by atoms with Crippen molar-refractivity contribution in [2.24, 2.45) is 0 Å². The molecule has 4 rings (SSSR count). The fourth-order valence-electron chi connectivity index (χ4n) is 4.53. The molecule has 1 heterocycles. The molecule has 6 nitrogen and oxygen atoms in total. The molecule has 9 heteroatoms. The molecule has 3 aromatic rings. The van der Waals surface area contributed by atoms with Gasteiger partial charge in [-0.1, -0.05) is 12.1 Å². The summed E-state index contributed by atoms with van der Waals surface area (Å²) in [5, 5.41) is 11.2. The predicted molar refractivity (Wildman–Crippen MR) is 134 cm³/mol. The van der Waals surface area contributed by atoms with Crippen LogP contribution in [0.2, 0.25) is 0 Å². The number of aliphatic hydroxyl groups excluding tert-OH is 1. The Morgan fingerprint density at radius 2 is 1.57 bits per heavy atom. The van der Waals surface area contributed by atoms with Crippen LogP contribution in [-0.2, 0) is 9.59 Å². The van der Waals surface area contributed by atoms with Crippen molar-refractivity contribution < 1.29 is 32.6 Å². The lowest BCUT2D eigenvalue weighted by Crippen LogP contribution is -2.30. The van der Waals surface area contributed by atoms with E-state index >= 15 is 0 Å². The number of anilines is 2. The minimum atomic E-state index is -1.32. The number of carbonyl (C=O) groups is 2. The number of halogens is 3. The smallest absolute Gasteiger partial charge is 0.300 e. The first-order valence-electron chi connectivity index (χ1n) is 11.7. The molecule has 0 radical (unpaired) electrons. The van der Waals surface area contributed by atoms with Gasteiger partial charge in [-0.2, -0.15) is 0 Å². The summed E-state index contributed by atoms with van der Waals surface area (Å²) in [7, 11) is 1.30. The maximum Gasteiger partial charge on any atom is 0.300 e. The van der Waals surface area contributed by atoms with E-state index in [1.807, 2.05) is 13.8 Å². The summed E-state index contributed by atoms with van der Waals surface area (Å²) in [5.74, 6) is -5.42. The number of benzene rings is 3. The van der Waals surface area contributed by atoms with Gasteiger partial charge in [-0.3, -0.25) is 14.5 Å². The van der Waals surface area contributed by atoms with E-state index < -0.39 is 52.2 Å². The lowest BCUT2D eigenvalue weighted by atomic mass is 9.94. The minimum absolute atomic E-state index is 0.0534. The molecule has 37 heavy (non-hydrogen) atoms. The maximum atomic E-state index is 14.9. The van der Waals surface area contributed by atoms with E-state index in [-0.39, 0.29) is 11.3 Å². The molecule has 192 valence electrons. The van der Waals surface area contributed by atoms with Gasteiger partial charge in [0.25, 0.3) is 11.7 Å². The Bertz CT molecular complexity index is 1380. The second kappa shape index (κ2) is 10.4. The van der Waals surface area contributed by atoms with Crippen LogP contribution < -0.4 is 14.5 Å². The summed E-state index contributed by atoms with van der Waals surface area (Å²) in [6.07, 6.45) is 0. The second-order valence-electron chi connectivity index (χ2n) is 8.37. The van der Waals surface area contributed by atoms with Crippen LogP contribution in [0.5, 0.6) is 5.75 Å². The fourth-order valence-corrected chi connectivity index (χ4v) is 4.53. The average molecular weight is 511 g/mol. The van der Waals surface area contributed by atoms with E-state index in [0.717, 1.165) is 54.0 Å². The van der Waals surface area contributed by atoms with E-state index in [4.69, 9.17) is 4.74 Å². The minimum Gasteiger partial charge on any atom is -0.507 e. The van der Waals surface area contributed by atoms with Gasteiger partial charge in [0.15, 0.2) is 0 Å². The monoisotopic (exact) mass is 510 g/mol. The molecule has 1 aliphatic heterocycles. The third kappa shape index (κ3) is 4.64. The third-order valence-electron chi connectivity index (χ3n) is 6.37. The Balaban J connectivity index is 1.97. The molecule has 0 bridgehead atoms. The largest absolute Gasteiger partial charge is 0.507 e. The first kappa shape index (κ1) is 25.8. The lowest BCUT2D eigenvalue weighted by molar-refractivity contribution is -0.132. The Morgan fingerprint density at radius 3 is 2.19 bits per heavy atom. The number of carbonyl (C=O) groups excluding carboxylic acids is 2. The van der Waals surface area contributed by atoms with Gasteiger partial charge >= 0.3 is 0 Å². The molecule has 1 aliphatic rings. The van der Waals surface area contributed by atoms with Gasteiger partial charge in [0.2, 0.25) is 0 Å². The number of hydrogen-bond donors (Lipinski definition) is 1. The fraction of sp³-hybridized carbons (Fsp3) is 0.214. The second-order valence-corrected chi connectivity index (χ2v) is 8.37. The molecule has 0 aromatic heterocycles. The van der Waals surface area contributed by atoms with Crippen LogP contribution in [0.1, 0.15) is 31.0 Å². The number of hydrogen-bond acceptors (Lipinski definition) is 5. The first-order valence-corrected chi connectivity index (χ1v) is 11.7. The topological polar surface area (TPSA) is 70.1 Å². The Kier molecular flexibility index (Phi) is 7.24. The number of ether oxygens (including phenoxy) is 1. The van der Waals surface area contributed by atoms with Crippen molar-refractivity contribution in [3.63, 3.8) is 0 Å². The number of Topliss-reactive ketones (excluding diaryl/α,β-unsaturated/α-hetero) is 1. The molecule has 1 saturated heterocycles. The number of ketones is 1. The third-order valence-corrected chi connectivity index (χ3v) is 6.37. The molecule has 1 fully saturated rings. The molecule has 1 N–H and O–H groups in total. The highest BCUT2D eigenvalue weighted by molar-refractivity contribution is 6.51. The van der Waals surface area contributed by atoms with E-state index in [9.17, 15) is 27.9 Å². The van der Waals surface area contributed by atoms with Crippen molar-refractivity contribution in [3.05, 3.63) is 94.8 Å². The Morgan fingerprint density at radius 1 is 0.946 bits per heavy atom. The van der Waals surface area contributed by atoms with Crippen LogP contribution in [0.25, 0.3) is 5.76 Å². The van der Waals surface area contributed by atoms with Crippen molar-refractivity contribution in [1.29, 1.82) is 0 Å². The molecule has 3 aromatic carbocycles. The first-order chi connectivity index (χ1) is 17.7. The van der Waals surface area contributed by atoms with Gasteiger partial charge in [0.1, 0.15) is 29.0 Å². The van der Waals surface area contributed by atoms with Crippen molar-refractivity contribution in [3.8, 4) is 5.75 Å². The lowest BCUT2D eigenvalue weighted by Gasteiger charge is -2.27. The zero-order valence-corrected chi connectivity index (χ0v) is 20.5. The Labute approximate surface area is 212 Å². The highest BCUT2D eigenvalue weighted by atomic mass is 19.1. The molecule has 1 unspecified atom stereocenters. The molecule has 0 spiro atoms. The van der Waals surface area contributed by atoms with Crippen LogP contribution in [0.4, 0.5) is 24.5 Å². The molecule has 0 saturated carbocycles. The van der Waals surface area contributed by atoms with Crippen molar-refractivity contribution in [1.82, 2.24) is 0 Å². The summed E-state index contributed by atoms with van der Waals surface area (Å²) in [5.41, 5.74) is 0.188.